The summed E-state index contributed by atoms with van der Waals surface area (Å²) < 4.78 is 5.09. The van der Waals surface area contributed by atoms with Crippen molar-refractivity contribution in [2.45, 2.75) is 25.4 Å². The summed E-state index contributed by atoms with van der Waals surface area (Å²) >= 11 is 1.86. The molecular weight excluding hydrogens is 200 g/mol. The summed E-state index contributed by atoms with van der Waals surface area (Å²) in [6, 6.07) is 0. The first kappa shape index (κ1) is 12.3. The highest BCUT2D eigenvalue weighted by Gasteiger charge is 2.47. The van der Waals surface area contributed by atoms with Crippen molar-refractivity contribution in [2.75, 3.05) is 31.8 Å². The average molecular weight is 220 g/mol. The van der Waals surface area contributed by atoms with E-state index in [1.165, 1.54) is 0 Å². The molecule has 0 bridgehead atoms. The number of hydrogen-bond donors (Lipinski definition) is 2. The normalized spacial score (nSPS) is 25.7. The molecule has 0 radical (unpaired) electrons. The smallest absolute Gasteiger partial charge is 0.0760 e. The van der Waals surface area contributed by atoms with Crippen molar-refractivity contribution in [1.82, 2.24) is 0 Å². The molecule has 0 aromatic rings. The third-order valence-corrected chi connectivity index (χ3v) is 4.24. The van der Waals surface area contributed by atoms with Gasteiger partial charge in [0.25, 0.3) is 0 Å². The van der Waals surface area contributed by atoms with E-state index >= 15 is 0 Å². The Morgan fingerprint density at radius 3 is 2.43 bits per heavy atom. The maximum absolute atomic E-state index is 10.5. The van der Waals surface area contributed by atoms with E-state index < -0.39 is 11.0 Å². The summed E-state index contributed by atoms with van der Waals surface area (Å²) in [7, 11) is 1.61. The minimum absolute atomic E-state index is 0.0258. The lowest BCUT2D eigenvalue weighted by Gasteiger charge is -2.45. The first-order valence-corrected chi connectivity index (χ1v) is 6.13. The zero-order valence-corrected chi connectivity index (χ0v) is 9.77. The Labute approximate surface area is 89.8 Å². The van der Waals surface area contributed by atoms with Gasteiger partial charge in [0.15, 0.2) is 0 Å². The average Bonchev–Trinajstić information content (AvgIpc) is 2.19. The summed E-state index contributed by atoms with van der Waals surface area (Å²) in [5.74, 6) is 1.94. The third-order valence-electron chi connectivity index (χ3n) is 3.26. The van der Waals surface area contributed by atoms with E-state index in [0.717, 1.165) is 24.3 Å². The van der Waals surface area contributed by atoms with Crippen LogP contribution in [0.2, 0.25) is 0 Å². The monoisotopic (exact) mass is 220 g/mol. The highest BCUT2D eigenvalue weighted by Crippen LogP contribution is 2.41. The fourth-order valence-electron chi connectivity index (χ4n) is 1.96. The van der Waals surface area contributed by atoms with Crippen LogP contribution in [0.4, 0.5) is 0 Å². The molecule has 1 unspecified atom stereocenters. The molecular formula is C10H20O3S. The summed E-state index contributed by atoms with van der Waals surface area (Å²) in [5.41, 5.74) is -1.29. The molecule has 14 heavy (non-hydrogen) atoms. The lowest BCUT2D eigenvalue weighted by molar-refractivity contribution is -0.132. The lowest BCUT2D eigenvalue weighted by atomic mass is 9.71. The predicted molar refractivity (Wildman–Crippen MR) is 58.6 cm³/mol. The van der Waals surface area contributed by atoms with Gasteiger partial charge >= 0.3 is 0 Å². The van der Waals surface area contributed by atoms with Gasteiger partial charge in [-0.15, -0.1) is 0 Å². The lowest BCUT2D eigenvalue weighted by Crippen LogP contribution is -2.53. The molecule has 1 heterocycles. The van der Waals surface area contributed by atoms with E-state index in [-0.39, 0.29) is 6.61 Å². The van der Waals surface area contributed by atoms with Crippen LogP contribution in [-0.2, 0) is 4.74 Å². The van der Waals surface area contributed by atoms with Crippen LogP contribution >= 0.6 is 11.8 Å². The van der Waals surface area contributed by atoms with Gasteiger partial charge < -0.3 is 14.9 Å². The largest absolute Gasteiger partial charge is 0.396 e. The van der Waals surface area contributed by atoms with E-state index in [1.54, 1.807) is 7.11 Å². The van der Waals surface area contributed by atoms with Gasteiger partial charge in [0.1, 0.15) is 0 Å². The van der Waals surface area contributed by atoms with Gasteiger partial charge in [0.05, 0.1) is 18.8 Å². The Balaban J connectivity index is 2.73. The minimum Gasteiger partial charge on any atom is -0.396 e. The molecule has 1 atom stereocenters. The fraction of sp³-hybridized carbons (Fsp3) is 1.00. The molecule has 1 rings (SSSR count). The van der Waals surface area contributed by atoms with Gasteiger partial charge in [-0.1, -0.05) is 6.92 Å². The molecule has 84 valence electrons. The van der Waals surface area contributed by atoms with Crippen molar-refractivity contribution >= 4 is 11.8 Å². The molecule has 1 saturated heterocycles. The second-order valence-electron chi connectivity index (χ2n) is 4.30. The van der Waals surface area contributed by atoms with Gasteiger partial charge in [0.2, 0.25) is 0 Å². The Bertz CT molecular complexity index is 173. The van der Waals surface area contributed by atoms with E-state index in [2.05, 4.69) is 0 Å². The number of methoxy groups -OCH3 is 1. The van der Waals surface area contributed by atoms with Gasteiger partial charge in [-0.05, 0) is 24.3 Å². The molecule has 1 aliphatic rings. The molecule has 1 aliphatic heterocycles. The Hall–Kier alpha value is 0.230. The molecule has 0 saturated carbocycles. The number of thioether (sulfide) groups is 1. The summed E-state index contributed by atoms with van der Waals surface area (Å²) in [5, 5.41) is 19.9. The minimum atomic E-state index is -0.761. The summed E-state index contributed by atoms with van der Waals surface area (Å²) in [6.07, 6.45) is 1.50. The van der Waals surface area contributed by atoms with Crippen LogP contribution in [0.1, 0.15) is 19.8 Å². The molecule has 2 N–H and O–H groups in total. The molecule has 0 amide bonds. The molecule has 4 heteroatoms. The topological polar surface area (TPSA) is 49.7 Å². The molecule has 0 aliphatic carbocycles. The first-order valence-electron chi connectivity index (χ1n) is 4.98. The molecule has 0 aromatic carbocycles. The van der Waals surface area contributed by atoms with Crippen LogP contribution in [0, 0.1) is 5.41 Å². The predicted octanol–water partition coefficient (Wildman–Crippen LogP) is 0.890. The van der Waals surface area contributed by atoms with Gasteiger partial charge in [-0.25, -0.2) is 0 Å². The standard InChI is InChI=1S/C10H20O3S/c1-9(7-11,8-13-2)10(12)3-5-14-6-4-10/h11-12H,3-8H2,1-2H3. The Kier molecular flexibility index (Phi) is 4.25. The van der Waals surface area contributed by atoms with E-state index in [0.29, 0.717) is 6.61 Å². The second kappa shape index (κ2) is 4.84. The number of hydrogen-bond acceptors (Lipinski definition) is 4. The Morgan fingerprint density at radius 1 is 1.43 bits per heavy atom. The Morgan fingerprint density at radius 2 is 2.00 bits per heavy atom. The molecule has 3 nitrogen and oxygen atoms in total. The van der Waals surface area contributed by atoms with Crippen molar-refractivity contribution in [3.8, 4) is 0 Å². The van der Waals surface area contributed by atoms with Gasteiger partial charge in [0, 0.05) is 12.5 Å². The SMILES string of the molecule is COCC(C)(CO)C1(O)CCSCC1. The maximum atomic E-state index is 10.5. The van der Waals surface area contributed by atoms with Crippen LogP contribution in [0.3, 0.4) is 0 Å². The second-order valence-corrected chi connectivity index (χ2v) is 5.52. The fourth-order valence-corrected chi connectivity index (χ4v) is 3.13. The molecule has 0 spiro atoms. The van der Waals surface area contributed by atoms with Gasteiger partial charge in [-0.2, -0.15) is 11.8 Å². The number of ether oxygens (including phenoxy) is 1. The van der Waals surface area contributed by atoms with Crippen molar-refractivity contribution in [2.24, 2.45) is 5.41 Å². The highest BCUT2D eigenvalue weighted by molar-refractivity contribution is 7.99. The van der Waals surface area contributed by atoms with Crippen LogP contribution in [0.15, 0.2) is 0 Å². The van der Waals surface area contributed by atoms with Crippen LogP contribution < -0.4 is 0 Å². The summed E-state index contributed by atoms with van der Waals surface area (Å²) in [4.78, 5) is 0. The number of aliphatic hydroxyl groups is 2. The number of rotatable bonds is 4. The molecule has 1 fully saturated rings. The van der Waals surface area contributed by atoms with Gasteiger partial charge in [-0.3, -0.25) is 0 Å². The third kappa shape index (κ3) is 2.24. The van der Waals surface area contributed by atoms with E-state index in [1.807, 2.05) is 18.7 Å². The first-order chi connectivity index (χ1) is 6.58. The van der Waals surface area contributed by atoms with Crippen molar-refractivity contribution in [3.05, 3.63) is 0 Å². The maximum Gasteiger partial charge on any atom is 0.0760 e. The van der Waals surface area contributed by atoms with Crippen LogP contribution in [-0.4, -0.2) is 47.6 Å². The van der Waals surface area contributed by atoms with Crippen LogP contribution in [0.25, 0.3) is 0 Å². The zero-order chi connectivity index (χ0) is 10.7. The summed E-state index contributed by atoms with van der Waals surface area (Å²) in [6.45, 7) is 2.28. The van der Waals surface area contributed by atoms with Crippen molar-refractivity contribution < 1.29 is 14.9 Å². The highest BCUT2D eigenvalue weighted by atomic mass is 32.2. The quantitative estimate of drug-likeness (QED) is 0.739. The van der Waals surface area contributed by atoms with Crippen molar-refractivity contribution in [1.29, 1.82) is 0 Å². The number of aliphatic hydroxyl groups excluding tert-OH is 1. The van der Waals surface area contributed by atoms with E-state index in [9.17, 15) is 10.2 Å². The van der Waals surface area contributed by atoms with E-state index in [4.69, 9.17) is 4.74 Å². The molecule has 0 aromatic heterocycles. The van der Waals surface area contributed by atoms with Crippen molar-refractivity contribution in [3.63, 3.8) is 0 Å². The van der Waals surface area contributed by atoms with Crippen LogP contribution in [0.5, 0.6) is 0 Å². The zero-order valence-electron chi connectivity index (χ0n) is 8.95.